The molecular formula is C15H19N3. The zero-order valence-corrected chi connectivity index (χ0v) is 10.9. The Labute approximate surface area is 108 Å². The fourth-order valence-electron chi connectivity index (χ4n) is 2.01. The van der Waals surface area contributed by atoms with Gasteiger partial charge < -0.3 is 5.32 Å². The lowest BCUT2D eigenvalue weighted by Gasteiger charge is -2.19. The number of hydrogen-bond donors (Lipinski definition) is 1. The van der Waals surface area contributed by atoms with Crippen LogP contribution in [-0.4, -0.2) is 16.5 Å². The van der Waals surface area contributed by atoms with Crippen LogP contribution < -0.4 is 5.32 Å². The molecule has 0 saturated carbocycles. The Morgan fingerprint density at radius 3 is 2.56 bits per heavy atom. The topological polar surface area (TPSA) is 37.8 Å². The second kappa shape index (κ2) is 6.26. The first kappa shape index (κ1) is 12.7. The summed E-state index contributed by atoms with van der Waals surface area (Å²) >= 11 is 0. The van der Waals surface area contributed by atoms with Crippen LogP contribution in [-0.2, 0) is 0 Å². The van der Waals surface area contributed by atoms with Crippen molar-refractivity contribution in [2.45, 2.75) is 26.3 Å². The number of hydrogen-bond acceptors (Lipinski definition) is 3. The van der Waals surface area contributed by atoms with E-state index in [1.165, 1.54) is 16.7 Å². The summed E-state index contributed by atoms with van der Waals surface area (Å²) < 4.78 is 0. The van der Waals surface area contributed by atoms with Crippen molar-refractivity contribution in [3.63, 3.8) is 0 Å². The maximum absolute atomic E-state index is 4.28. The van der Waals surface area contributed by atoms with Gasteiger partial charge in [-0.1, -0.05) is 13.0 Å². The van der Waals surface area contributed by atoms with E-state index in [0.717, 1.165) is 13.0 Å². The van der Waals surface area contributed by atoms with Gasteiger partial charge in [-0.05, 0) is 48.7 Å². The molecule has 0 aliphatic rings. The third-order valence-corrected chi connectivity index (χ3v) is 2.87. The van der Waals surface area contributed by atoms with Crippen molar-refractivity contribution in [2.24, 2.45) is 0 Å². The van der Waals surface area contributed by atoms with Crippen molar-refractivity contribution >= 4 is 0 Å². The average Bonchev–Trinajstić information content (AvgIpc) is 2.40. The highest BCUT2D eigenvalue weighted by atomic mass is 14.9. The molecule has 1 unspecified atom stereocenters. The summed E-state index contributed by atoms with van der Waals surface area (Å²) in [4.78, 5) is 8.36. The average molecular weight is 241 g/mol. The minimum Gasteiger partial charge on any atom is -0.306 e. The van der Waals surface area contributed by atoms with E-state index in [4.69, 9.17) is 0 Å². The maximum Gasteiger partial charge on any atom is 0.0593 e. The highest BCUT2D eigenvalue weighted by molar-refractivity contribution is 5.30. The van der Waals surface area contributed by atoms with E-state index in [-0.39, 0.29) is 6.04 Å². The summed E-state index contributed by atoms with van der Waals surface area (Å²) in [5.74, 6) is 0. The van der Waals surface area contributed by atoms with E-state index in [1.54, 1.807) is 0 Å². The molecule has 0 amide bonds. The standard InChI is InChI=1S/C15H19N3/c1-3-6-18-15(13-4-7-16-8-5-13)14-9-12(2)10-17-11-14/h4-5,7-11,15,18H,3,6H2,1-2H3. The molecule has 0 saturated heterocycles. The molecule has 0 aromatic carbocycles. The Morgan fingerprint density at radius 2 is 1.89 bits per heavy atom. The number of aromatic nitrogens is 2. The largest absolute Gasteiger partial charge is 0.306 e. The van der Waals surface area contributed by atoms with Gasteiger partial charge in [0.15, 0.2) is 0 Å². The Kier molecular flexibility index (Phi) is 4.42. The van der Waals surface area contributed by atoms with E-state index in [9.17, 15) is 0 Å². The van der Waals surface area contributed by atoms with Gasteiger partial charge in [-0.15, -0.1) is 0 Å². The van der Waals surface area contributed by atoms with E-state index < -0.39 is 0 Å². The van der Waals surface area contributed by atoms with Crippen LogP contribution in [0.25, 0.3) is 0 Å². The van der Waals surface area contributed by atoms with Crippen LogP contribution in [0.4, 0.5) is 0 Å². The van der Waals surface area contributed by atoms with E-state index >= 15 is 0 Å². The molecule has 1 atom stereocenters. The van der Waals surface area contributed by atoms with Crippen LogP contribution >= 0.6 is 0 Å². The molecular weight excluding hydrogens is 222 g/mol. The van der Waals surface area contributed by atoms with Gasteiger partial charge in [0, 0.05) is 24.8 Å². The molecule has 0 aliphatic carbocycles. The fraction of sp³-hybridized carbons (Fsp3) is 0.333. The van der Waals surface area contributed by atoms with Gasteiger partial charge in [-0.3, -0.25) is 9.97 Å². The summed E-state index contributed by atoms with van der Waals surface area (Å²) in [5.41, 5.74) is 3.62. The highest BCUT2D eigenvalue weighted by Crippen LogP contribution is 2.21. The van der Waals surface area contributed by atoms with Crippen LogP contribution in [0.5, 0.6) is 0 Å². The predicted octanol–water partition coefficient (Wildman–Crippen LogP) is 2.87. The smallest absolute Gasteiger partial charge is 0.0593 e. The molecule has 0 spiro atoms. The zero-order valence-electron chi connectivity index (χ0n) is 10.9. The summed E-state index contributed by atoms with van der Waals surface area (Å²) in [6.45, 7) is 5.23. The van der Waals surface area contributed by atoms with Crippen LogP contribution in [0.1, 0.15) is 36.1 Å². The molecule has 2 rings (SSSR count). The molecule has 0 aliphatic heterocycles. The van der Waals surface area contributed by atoms with Crippen molar-refractivity contribution in [1.29, 1.82) is 0 Å². The van der Waals surface area contributed by atoms with Gasteiger partial charge >= 0.3 is 0 Å². The third-order valence-electron chi connectivity index (χ3n) is 2.87. The van der Waals surface area contributed by atoms with Crippen LogP contribution in [0.15, 0.2) is 43.0 Å². The summed E-state index contributed by atoms with van der Waals surface area (Å²) in [7, 11) is 0. The van der Waals surface area contributed by atoms with Crippen molar-refractivity contribution in [1.82, 2.24) is 15.3 Å². The second-order valence-electron chi connectivity index (χ2n) is 4.46. The molecule has 2 aromatic rings. The second-order valence-corrected chi connectivity index (χ2v) is 4.46. The highest BCUT2D eigenvalue weighted by Gasteiger charge is 2.13. The number of aryl methyl sites for hydroxylation is 1. The normalized spacial score (nSPS) is 12.3. The monoisotopic (exact) mass is 241 g/mol. The Hall–Kier alpha value is -1.74. The number of nitrogens with zero attached hydrogens (tertiary/aromatic N) is 2. The van der Waals surface area contributed by atoms with Gasteiger partial charge in [-0.2, -0.15) is 0 Å². The quantitative estimate of drug-likeness (QED) is 0.874. The molecule has 0 bridgehead atoms. The number of rotatable bonds is 5. The van der Waals surface area contributed by atoms with Crippen LogP contribution in [0, 0.1) is 6.92 Å². The van der Waals surface area contributed by atoms with Gasteiger partial charge in [-0.25, -0.2) is 0 Å². The minimum atomic E-state index is 0.195. The van der Waals surface area contributed by atoms with Crippen molar-refractivity contribution in [3.05, 3.63) is 59.7 Å². The van der Waals surface area contributed by atoms with Gasteiger partial charge in [0.2, 0.25) is 0 Å². The van der Waals surface area contributed by atoms with Gasteiger partial charge in [0.05, 0.1) is 6.04 Å². The molecule has 3 nitrogen and oxygen atoms in total. The van der Waals surface area contributed by atoms with E-state index in [2.05, 4.69) is 47.3 Å². The van der Waals surface area contributed by atoms with Crippen molar-refractivity contribution in [3.8, 4) is 0 Å². The molecule has 3 heteroatoms. The molecule has 0 radical (unpaired) electrons. The predicted molar refractivity (Wildman–Crippen MR) is 73.3 cm³/mol. The molecule has 2 aromatic heterocycles. The number of pyridine rings is 2. The molecule has 94 valence electrons. The first-order valence-corrected chi connectivity index (χ1v) is 6.36. The van der Waals surface area contributed by atoms with Crippen molar-refractivity contribution < 1.29 is 0 Å². The van der Waals surface area contributed by atoms with Crippen molar-refractivity contribution in [2.75, 3.05) is 6.54 Å². The Balaban J connectivity index is 2.31. The van der Waals surface area contributed by atoms with Crippen LogP contribution in [0.3, 0.4) is 0 Å². The molecule has 18 heavy (non-hydrogen) atoms. The van der Waals surface area contributed by atoms with Gasteiger partial charge in [0.25, 0.3) is 0 Å². The summed E-state index contributed by atoms with van der Waals surface area (Å²) in [6.07, 6.45) is 8.59. The first-order valence-electron chi connectivity index (χ1n) is 6.36. The van der Waals surface area contributed by atoms with E-state index in [1.807, 2.05) is 24.8 Å². The van der Waals surface area contributed by atoms with E-state index in [0.29, 0.717) is 0 Å². The summed E-state index contributed by atoms with van der Waals surface area (Å²) in [5, 5.41) is 3.56. The summed E-state index contributed by atoms with van der Waals surface area (Å²) in [6, 6.07) is 6.48. The first-order chi connectivity index (χ1) is 8.81. The molecule has 1 N–H and O–H groups in total. The Morgan fingerprint density at radius 1 is 1.11 bits per heavy atom. The number of nitrogens with one attached hydrogen (secondary N) is 1. The maximum atomic E-state index is 4.28. The third kappa shape index (κ3) is 3.14. The lowest BCUT2D eigenvalue weighted by atomic mass is 10.00. The molecule has 2 heterocycles. The minimum absolute atomic E-state index is 0.195. The van der Waals surface area contributed by atoms with Gasteiger partial charge in [0.1, 0.15) is 0 Å². The SMILES string of the molecule is CCCNC(c1ccncc1)c1cncc(C)c1. The zero-order chi connectivity index (χ0) is 12.8. The van der Waals surface area contributed by atoms with Crippen LogP contribution in [0.2, 0.25) is 0 Å². The Bertz CT molecular complexity index is 482. The lowest BCUT2D eigenvalue weighted by Crippen LogP contribution is -2.23. The lowest BCUT2D eigenvalue weighted by molar-refractivity contribution is 0.596. The fourth-order valence-corrected chi connectivity index (χ4v) is 2.01. The molecule has 0 fully saturated rings.